The standard InChI is InChI=1S/C24H21N5O3S/c1-2-28-16-22(32-27-28)26-21(30)17-33-24-25-20(15-9-12-18-10-5-3-6-11-18)23(31)29(24)19-13-7-4-8-14-19/h3-16H,2,17H2,1H3/p+1/b12-9+,20-15+. The van der Waals surface area contributed by atoms with Crippen molar-refractivity contribution in [3.63, 3.8) is 0 Å². The maximum absolute atomic E-state index is 13.1. The molecule has 0 fully saturated rings. The van der Waals surface area contributed by atoms with Crippen LogP contribution in [0.1, 0.15) is 12.5 Å². The van der Waals surface area contributed by atoms with Gasteiger partial charge in [-0.25, -0.2) is 4.99 Å². The molecule has 2 heterocycles. The number of carbonyl (C=O) groups is 2. The predicted molar refractivity (Wildman–Crippen MR) is 128 cm³/mol. The Labute approximate surface area is 195 Å². The summed E-state index contributed by atoms with van der Waals surface area (Å²) in [5, 5.41) is 6.87. The minimum atomic E-state index is -0.288. The molecule has 0 atom stereocenters. The molecule has 1 N–H and O–H groups in total. The second-order valence-electron chi connectivity index (χ2n) is 6.95. The zero-order valence-electron chi connectivity index (χ0n) is 17.9. The van der Waals surface area contributed by atoms with Crippen molar-refractivity contribution >= 4 is 46.4 Å². The van der Waals surface area contributed by atoms with Gasteiger partial charge in [-0.1, -0.05) is 77.1 Å². The van der Waals surface area contributed by atoms with E-state index in [4.69, 9.17) is 4.52 Å². The fourth-order valence-corrected chi connectivity index (χ4v) is 3.83. The highest BCUT2D eigenvalue weighted by atomic mass is 32.2. The molecule has 0 saturated carbocycles. The monoisotopic (exact) mass is 460 g/mol. The second kappa shape index (κ2) is 10.6. The second-order valence-corrected chi connectivity index (χ2v) is 7.89. The van der Waals surface area contributed by atoms with Gasteiger partial charge in [-0.05, 0) is 30.7 Å². The minimum absolute atomic E-state index is 0.0510. The highest BCUT2D eigenvalue weighted by Crippen LogP contribution is 2.28. The van der Waals surface area contributed by atoms with Crippen LogP contribution in [0.15, 0.2) is 94.2 Å². The van der Waals surface area contributed by atoms with Crippen LogP contribution in [0.5, 0.6) is 0 Å². The Morgan fingerprint density at radius 1 is 1.15 bits per heavy atom. The lowest BCUT2D eigenvalue weighted by Crippen LogP contribution is -2.33. The van der Waals surface area contributed by atoms with Gasteiger partial charge < -0.3 is 0 Å². The molecule has 0 aliphatic carbocycles. The lowest BCUT2D eigenvalue weighted by Gasteiger charge is -2.17. The number of carbonyl (C=O) groups excluding carboxylic acids is 2. The van der Waals surface area contributed by atoms with E-state index in [1.807, 2.05) is 73.7 Å². The van der Waals surface area contributed by atoms with E-state index in [0.29, 0.717) is 23.1 Å². The van der Waals surface area contributed by atoms with Crippen molar-refractivity contribution in [1.82, 2.24) is 5.27 Å². The molecule has 2 amide bonds. The molecular formula is C24H22N5O3S+. The molecule has 1 aromatic heterocycles. The summed E-state index contributed by atoms with van der Waals surface area (Å²) in [5.74, 6) is -0.224. The van der Waals surface area contributed by atoms with Crippen LogP contribution in [-0.4, -0.2) is 28.0 Å². The van der Waals surface area contributed by atoms with Crippen molar-refractivity contribution in [2.24, 2.45) is 4.99 Å². The van der Waals surface area contributed by atoms with E-state index in [-0.39, 0.29) is 23.5 Å². The summed E-state index contributed by atoms with van der Waals surface area (Å²) in [7, 11) is 0. The number of hydrogen-bond acceptors (Lipinski definition) is 6. The lowest BCUT2D eigenvalue weighted by molar-refractivity contribution is -0.759. The van der Waals surface area contributed by atoms with Gasteiger partial charge in [-0.3, -0.25) is 24.3 Å². The molecule has 1 aliphatic rings. The van der Waals surface area contributed by atoms with Crippen LogP contribution in [0.4, 0.5) is 11.6 Å². The number of nitrogens with one attached hydrogen (secondary N) is 1. The summed E-state index contributed by atoms with van der Waals surface area (Å²) in [6.07, 6.45) is 6.98. The van der Waals surface area contributed by atoms with Crippen LogP contribution in [0.25, 0.3) is 6.08 Å². The summed E-state index contributed by atoms with van der Waals surface area (Å²) >= 11 is 1.17. The lowest BCUT2D eigenvalue weighted by atomic mass is 10.2. The first-order valence-corrected chi connectivity index (χ1v) is 11.3. The maximum Gasteiger partial charge on any atom is 0.302 e. The maximum atomic E-state index is 13.1. The molecule has 33 heavy (non-hydrogen) atoms. The van der Waals surface area contributed by atoms with Crippen LogP contribution < -0.4 is 14.9 Å². The summed E-state index contributed by atoms with van der Waals surface area (Å²) in [4.78, 5) is 31.5. The van der Waals surface area contributed by atoms with Crippen molar-refractivity contribution in [3.8, 4) is 0 Å². The molecule has 166 valence electrons. The summed E-state index contributed by atoms with van der Waals surface area (Å²) in [6.45, 7) is 2.55. The van der Waals surface area contributed by atoms with Crippen molar-refractivity contribution in [3.05, 3.63) is 90.3 Å². The Morgan fingerprint density at radius 3 is 2.58 bits per heavy atom. The third-order valence-corrected chi connectivity index (χ3v) is 5.55. The van der Waals surface area contributed by atoms with Gasteiger partial charge in [-0.15, -0.1) is 0 Å². The van der Waals surface area contributed by atoms with Gasteiger partial charge in [0, 0.05) is 0 Å². The van der Waals surface area contributed by atoms with Gasteiger partial charge in [0.25, 0.3) is 12.1 Å². The number of thioether (sulfide) groups is 1. The summed E-state index contributed by atoms with van der Waals surface area (Å²) < 4.78 is 6.63. The molecule has 0 bridgehead atoms. The average Bonchev–Trinajstić information content (AvgIpc) is 3.42. The number of aliphatic imine (C=N–C) groups is 1. The van der Waals surface area contributed by atoms with Crippen LogP contribution in [0, 0.1) is 0 Å². The van der Waals surface area contributed by atoms with E-state index in [1.54, 1.807) is 23.0 Å². The number of aryl methyl sites for hydroxylation is 1. The Hall–Kier alpha value is -3.98. The normalized spacial score (nSPS) is 14.8. The largest absolute Gasteiger partial charge is 0.302 e. The molecule has 2 aromatic carbocycles. The van der Waals surface area contributed by atoms with Crippen LogP contribution >= 0.6 is 11.8 Å². The molecule has 8 nitrogen and oxygen atoms in total. The zero-order valence-corrected chi connectivity index (χ0v) is 18.7. The van der Waals surface area contributed by atoms with Crippen LogP contribution in [0.3, 0.4) is 0 Å². The minimum Gasteiger partial charge on any atom is -0.288 e. The number of hydrogen-bond donors (Lipinski definition) is 1. The summed E-state index contributed by atoms with van der Waals surface area (Å²) in [6, 6.07) is 19.0. The Kier molecular flexibility index (Phi) is 7.11. The number of amides is 2. The number of para-hydroxylation sites is 1. The first kappa shape index (κ1) is 22.2. The predicted octanol–water partition coefficient (Wildman–Crippen LogP) is 3.65. The number of anilines is 2. The molecule has 3 aromatic rings. The molecule has 0 spiro atoms. The topological polar surface area (TPSA) is 91.7 Å². The SMILES string of the molecule is CC[n+]1cc(NC(=O)CSC2=N/C(=C/C=C/c3ccccc3)C(=O)N2c2ccccc2)on1. The number of benzene rings is 2. The van der Waals surface area contributed by atoms with E-state index in [2.05, 4.69) is 15.6 Å². The highest BCUT2D eigenvalue weighted by molar-refractivity contribution is 8.14. The zero-order chi connectivity index (χ0) is 23.0. The van der Waals surface area contributed by atoms with Crippen molar-refractivity contribution in [2.45, 2.75) is 13.5 Å². The van der Waals surface area contributed by atoms with Crippen LogP contribution in [-0.2, 0) is 16.1 Å². The van der Waals surface area contributed by atoms with Gasteiger partial charge in [0.1, 0.15) is 5.70 Å². The fourth-order valence-electron chi connectivity index (χ4n) is 3.01. The van der Waals surface area contributed by atoms with Crippen LogP contribution in [0.2, 0.25) is 0 Å². The quantitative estimate of drug-likeness (QED) is 0.429. The number of amidine groups is 1. The van der Waals surface area contributed by atoms with E-state index >= 15 is 0 Å². The van der Waals surface area contributed by atoms with Gasteiger partial charge in [0.05, 0.1) is 11.4 Å². The van der Waals surface area contributed by atoms with E-state index in [9.17, 15) is 9.59 Å². The summed E-state index contributed by atoms with van der Waals surface area (Å²) in [5.41, 5.74) is 2.00. The molecule has 4 rings (SSSR count). The molecule has 0 radical (unpaired) electrons. The van der Waals surface area contributed by atoms with Gasteiger partial charge in [0.2, 0.25) is 11.2 Å². The van der Waals surface area contributed by atoms with Crippen molar-refractivity contribution in [1.29, 1.82) is 0 Å². The molecular weight excluding hydrogens is 438 g/mol. The van der Waals surface area contributed by atoms with Crippen molar-refractivity contribution < 1.29 is 18.8 Å². The third-order valence-electron chi connectivity index (χ3n) is 4.62. The smallest absolute Gasteiger partial charge is 0.288 e. The number of aromatic nitrogens is 2. The number of nitrogens with zero attached hydrogens (tertiary/aromatic N) is 4. The van der Waals surface area contributed by atoms with E-state index in [1.165, 1.54) is 16.7 Å². The van der Waals surface area contributed by atoms with E-state index in [0.717, 1.165) is 5.56 Å². The van der Waals surface area contributed by atoms with Crippen molar-refractivity contribution in [2.75, 3.05) is 16.0 Å². The fraction of sp³-hybridized carbons (Fsp3) is 0.125. The first-order chi connectivity index (χ1) is 16.1. The van der Waals surface area contributed by atoms with Gasteiger partial charge >= 0.3 is 5.88 Å². The van der Waals surface area contributed by atoms with Gasteiger partial charge in [0.15, 0.2) is 11.7 Å². The molecule has 0 saturated heterocycles. The molecule has 0 unspecified atom stereocenters. The molecule has 9 heteroatoms. The Morgan fingerprint density at radius 2 is 1.88 bits per heavy atom. The Balaban J connectivity index is 1.49. The Bertz CT molecular complexity index is 1220. The molecule has 1 aliphatic heterocycles. The number of rotatable bonds is 7. The average molecular weight is 461 g/mol. The van der Waals surface area contributed by atoms with E-state index < -0.39 is 0 Å². The number of allylic oxidation sites excluding steroid dienone is 2. The third kappa shape index (κ3) is 5.64. The van der Waals surface area contributed by atoms with Gasteiger partial charge in [-0.2, -0.15) is 0 Å². The highest BCUT2D eigenvalue weighted by Gasteiger charge is 2.32. The first-order valence-electron chi connectivity index (χ1n) is 10.3.